The van der Waals surface area contributed by atoms with Gasteiger partial charge in [-0.3, -0.25) is 14.7 Å². The van der Waals surface area contributed by atoms with Gasteiger partial charge in [0, 0.05) is 38.8 Å². The molecule has 0 spiro atoms. The Labute approximate surface area is 139 Å². The molecular formula is C16H21N7O. The number of H-pyrrole nitrogens is 1. The first-order chi connectivity index (χ1) is 11.7. The smallest absolute Gasteiger partial charge is 0.157 e. The fourth-order valence-corrected chi connectivity index (χ4v) is 3.54. The Morgan fingerprint density at radius 2 is 2.25 bits per heavy atom. The first-order valence-corrected chi connectivity index (χ1v) is 8.06. The minimum Gasteiger partial charge on any atom is -0.380 e. The number of hydrogen-bond donors (Lipinski definition) is 1. The second-order valence-electron chi connectivity index (χ2n) is 6.33. The number of pyridine rings is 1. The van der Waals surface area contributed by atoms with Crippen LogP contribution >= 0.6 is 0 Å². The number of rotatable bonds is 4. The number of aryl methyl sites for hydroxylation is 2. The number of aromatic nitrogens is 6. The van der Waals surface area contributed by atoms with E-state index in [1.54, 1.807) is 13.4 Å². The highest BCUT2D eigenvalue weighted by atomic mass is 16.5. The zero-order chi connectivity index (χ0) is 16.7. The fraction of sp³-hybridized carbons (Fsp3) is 0.500. The summed E-state index contributed by atoms with van der Waals surface area (Å²) in [5.74, 6) is 0.890. The minimum atomic E-state index is 0.183. The molecular weight excluding hydrogens is 306 g/mol. The standard InChI is InChI=1S/C16H21N7O/c1-10-13-4-11(6-17-16(13)22(2)21-10)7-23-8-12(24-3)5-14(23)15-18-9-19-20-15/h4,6,9,12,14H,5,7-8H2,1-3H3,(H,18,19,20)/t12-,14+/m1/s1. The van der Waals surface area contributed by atoms with Gasteiger partial charge >= 0.3 is 0 Å². The molecule has 1 fully saturated rings. The van der Waals surface area contributed by atoms with E-state index in [4.69, 9.17) is 4.74 Å². The van der Waals surface area contributed by atoms with Crippen LogP contribution in [-0.2, 0) is 18.3 Å². The molecule has 1 N–H and O–H groups in total. The SMILES string of the molecule is CO[C@@H]1C[C@@H](c2ncn[nH]2)N(Cc2cnc3c(c2)c(C)nn3C)C1. The molecule has 0 radical (unpaired) electrons. The summed E-state index contributed by atoms with van der Waals surface area (Å²) in [6.45, 7) is 3.68. The van der Waals surface area contributed by atoms with E-state index < -0.39 is 0 Å². The van der Waals surface area contributed by atoms with Crippen LogP contribution in [0.1, 0.15) is 29.5 Å². The molecule has 0 amide bonds. The maximum atomic E-state index is 5.57. The molecule has 1 aliphatic heterocycles. The largest absolute Gasteiger partial charge is 0.380 e. The highest BCUT2D eigenvalue weighted by Gasteiger charge is 2.35. The molecule has 0 aromatic carbocycles. The lowest BCUT2D eigenvalue weighted by molar-refractivity contribution is 0.107. The van der Waals surface area contributed by atoms with E-state index in [1.807, 2.05) is 24.9 Å². The Morgan fingerprint density at radius 3 is 3.00 bits per heavy atom. The van der Waals surface area contributed by atoms with Crippen LogP contribution in [0.5, 0.6) is 0 Å². The first-order valence-electron chi connectivity index (χ1n) is 8.06. The zero-order valence-electron chi connectivity index (χ0n) is 14.1. The maximum Gasteiger partial charge on any atom is 0.157 e. The topological polar surface area (TPSA) is 84.8 Å². The van der Waals surface area contributed by atoms with Gasteiger partial charge in [-0.15, -0.1) is 0 Å². The normalized spacial score (nSPS) is 21.8. The molecule has 1 saturated heterocycles. The molecule has 126 valence electrons. The van der Waals surface area contributed by atoms with Gasteiger partial charge in [0.15, 0.2) is 5.65 Å². The van der Waals surface area contributed by atoms with Gasteiger partial charge in [0.2, 0.25) is 0 Å². The molecule has 0 bridgehead atoms. The third-order valence-electron chi connectivity index (χ3n) is 4.75. The molecule has 0 unspecified atom stereocenters. The number of fused-ring (bicyclic) bond motifs is 1. The highest BCUT2D eigenvalue weighted by Crippen LogP contribution is 2.32. The third kappa shape index (κ3) is 2.57. The summed E-state index contributed by atoms with van der Waals surface area (Å²) in [6.07, 6.45) is 4.60. The van der Waals surface area contributed by atoms with E-state index in [9.17, 15) is 0 Å². The summed E-state index contributed by atoms with van der Waals surface area (Å²) >= 11 is 0. The number of nitrogens with one attached hydrogen (secondary N) is 1. The Morgan fingerprint density at radius 1 is 1.38 bits per heavy atom. The maximum absolute atomic E-state index is 5.57. The van der Waals surface area contributed by atoms with E-state index in [2.05, 4.69) is 36.2 Å². The fourth-order valence-electron chi connectivity index (χ4n) is 3.54. The monoisotopic (exact) mass is 327 g/mol. The Bertz CT molecular complexity index is 842. The van der Waals surface area contributed by atoms with Crippen molar-refractivity contribution >= 4 is 11.0 Å². The summed E-state index contributed by atoms with van der Waals surface area (Å²) in [5, 5.41) is 12.5. The molecule has 4 rings (SSSR count). The molecule has 24 heavy (non-hydrogen) atoms. The van der Waals surface area contributed by atoms with Crippen LogP contribution in [0.4, 0.5) is 0 Å². The summed E-state index contributed by atoms with van der Waals surface area (Å²) in [7, 11) is 3.68. The highest BCUT2D eigenvalue weighted by molar-refractivity contribution is 5.78. The lowest BCUT2D eigenvalue weighted by atomic mass is 10.1. The predicted octanol–water partition coefficient (Wildman–Crippen LogP) is 1.36. The Kier molecular flexibility index (Phi) is 3.78. The third-order valence-corrected chi connectivity index (χ3v) is 4.75. The van der Waals surface area contributed by atoms with Crippen molar-refractivity contribution in [3.8, 4) is 0 Å². The van der Waals surface area contributed by atoms with Crippen molar-refractivity contribution in [3.63, 3.8) is 0 Å². The summed E-state index contributed by atoms with van der Waals surface area (Å²) < 4.78 is 7.39. The molecule has 3 aromatic rings. The molecule has 0 saturated carbocycles. The van der Waals surface area contributed by atoms with Crippen molar-refractivity contribution in [1.29, 1.82) is 0 Å². The predicted molar refractivity (Wildman–Crippen MR) is 88.2 cm³/mol. The van der Waals surface area contributed by atoms with Gasteiger partial charge in [-0.25, -0.2) is 9.97 Å². The van der Waals surface area contributed by atoms with Crippen LogP contribution in [0, 0.1) is 6.92 Å². The number of aromatic amines is 1. The van der Waals surface area contributed by atoms with Crippen LogP contribution in [0.25, 0.3) is 11.0 Å². The van der Waals surface area contributed by atoms with Gasteiger partial charge in [-0.05, 0) is 25.0 Å². The van der Waals surface area contributed by atoms with E-state index in [0.29, 0.717) is 0 Å². The van der Waals surface area contributed by atoms with Gasteiger partial charge in [-0.1, -0.05) is 0 Å². The van der Waals surface area contributed by atoms with Crippen molar-refractivity contribution in [2.45, 2.75) is 32.0 Å². The summed E-state index contributed by atoms with van der Waals surface area (Å²) in [5.41, 5.74) is 3.09. The molecule has 0 aliphatic carbocycles. The van der Waals surface area contributed by atoms with Crippen molar-refractivity contribution < 1.29 is 4.74 Å². The average Bonchev–Trinajstić information content (AvgIpc) is 3.28. The van der Waals surface area contributed by atoms with E-state index in [-0.39, 0.29) is 12.1 Å². The number of hydrogen-bond acceptors (Lipinski definition) is 6. The van der Waals surface area contributed by atoms with Gasteiger partial charge in [-0.2, -0.15) is 10.2 Å². The summed E-state index contributed by atoms with van der Waals surface area (Å²) in [4.78, 5) is 11.3. The van der Waals surface area contributed by atoms with E-state index in [1.165, 1.54) is 5.56 Å². The van der Waals surface area contributed by atoms with E-state index >= 15 is 0 Å². The zero-order valence-corrected chi connectivity index (χ0v) is 14.1. The van der Waals surface area contributed by atoms with E-state index in [0.717, 1.165) is 42.1 Å². The van der Waals surface area contributed by atoms with Gasteiger partial charge < -0.3 is 4.74 Å². The van der Waals surface area contributed by atoms with Crippen molar-refractivity contribution in [2.75, 3.05) is 13.7 Å². The van der Waals surface area contributed by atoms with Crippen molar-refractivity contribution in [3.05, 3.63) is 35.7 Å². The Hall–Kier alpha value is -2.32. The van der Waals surface area contributed by atoms with Crippen molar-refractivity contribution in [1.82, 2.24) is 34.8 Å². The second kappa shape index (κ2) is 5.95. The average molecular weight is 327 g/mol. The molecule has 4 heterocycles. The van der Waals surface area contributed by atoms with Crippen LogP contribution < -0.4 is 0 Å². The lowest BCUT2D eigenvalue weighted by Gasteiger charge is -2.22. The second-order valence-corrected chi connectivity index (χ2v) is 6.33. The van der Waals surface area contributed by atoms with Gasteiger partial charge in [0.05, 0.1) is 17.8 Å². The molecule has 8 nitrogen and oxygen atoms in total. The van der Waals surface area contributed by atoms with Crippen LogP contribution in [0.3, 0.4) is 0 Å². The first kappa shape index (κ1) is 15.2. The quantitative estimate of drug-likeness (QED) is 0.779. The number of nitrogens with zero attached hydrogens (tertiary/aromatic N) is 6. The Balaban J connectivity index is 1.62. The van der Waals surface area contributed by atoms with Gasteiger partial charge in [0.25, 0.3) is 0 Å². The molecule has 1 aliphatic rings. The molecule has 8 heteroatoms. The minimum absolute atomic E-state index is 0.183. The molecule has 3 aromatic heterocycles. The summed E-state index contributed by atoms with van der Waals surface area (Å²) in [6, 6.07) is 2.37. The number of likely N-dealkylation sites (tertiary alicyclic amines) is 1. The van der Waals surface area contributed by atoms with Gasteiger partial charge in [0.1, 0.15) is 12.2 Å². The van der Waals surface area contributed by atoms with Crippen LogP contribution in [0.15, 0.2) is 18.6 Å². The van der Waals surface area contributed by atoms with Crippen LogP contribution in [0.2, 0.25) is 0 Å². The molecule has 2 atom stereocenters. The number of ether oxygens (including phenoxy) is 1. The number of methoxy groups -OCH3 is 1. The lowest BCUT2D eigenvalue weighted by Crippen LogP contribution is -2.25. The van der Waals surface area contributed by atoms with Crippen LogP contribution in [-0.4, -0.2) is 54.6 Å². The van der Waals surface area contributed by atoms with Crippen molar-refractivity contribution in [2.24, 2.45) is 7.05 Å².